The first-order chi connectivity index (χ1) is 13.7. The molecule has 0 aliphatic rings. The van der Waals surface area contributed by atoms with Crippen LogP contribution in [0.25, 0.3) is 0 Å². The molecule has 3 rings (SSSR count). The number of aliphatic hydroxyl groups is 1. The Morgan fingerprint density at radius 3 is 2.57 bits per heavy atom. The van der Waals surface area contributed by atoms with Crippen molar-refractivity contribution in [1.29, 1.82) is 0 Å². The molecule has 0 saturated carbocycles. The van der Waals surface area contributed by atoms with E-state index >= 15 is 0 Å². The molecule has 2 aromatic carbocycles. The lowest BCUT2D eigenvalue weighted by Crippen LogP contribution is -2.28. The van der Waals surface area contributed by atoms with E-state index in [1.54, 1.807) is 22.5 Å². The fraction of sp³-hybridized carbons (Fsp3) is 0.273. The molecule has 1 heterocycles. The molecule has 1 amide bonds. The van der Waals surface area contributed by atoms with Crippen molar-refractivity contribution >= 4 is 17.7 Å². The number of thioether (sulfide) groups is 1. The number of amides is 1. The lowest BCUT2D eigenvalue weighted by Gasteiger charge is -2.11. The average molecular weight is 396 g/mol. The zero-order valence-electron chi connectivity index (χ0n) is 16.0. The summed E-state index contributed by atoms with van der Waals surface area (Å²) in [5.74, 6) is 0.759. The third-order valence-corrected chi connectivity index (χ3v) is 5.43. The first-order valence-corrected chi connectivity index (χ1v) is 10.3. The molecule has 0 saturated heterocycles. The van der Waals surface area contributed by atoms with Crippen molar-refractivity contribution in [3.63, 3.8) is 0 Å². The predicted octanol–water partition coefficient (Wildman–Crippen LogP) is 3.34. The summed E-state index contributed by atoms with van der Waals surface area (Å²) in [7, 11) is 0. The van der Waals surface area contributed by atoms with Crippen LogP contribution < -0.4 is 5.32 Å². The van der Waals surface area contributed by atoms with E-state index in [2.05, 4.69) is 22.4 Å². The molecule has 6 heteroatoms. The molecule has 0 atom stereocenters. The number of imidazole rings is 1. The van der Waals surface area contributed by atoms with Crippen LogP contribution in [0.2, 0.25) is 0 Å². The molecule has 1 aromatic heterocycles. The maximum atomic E-state index is 12.4. The smallest absolute Gasteiger partial charge is 0.240 e. The third kappa shape index (κ3) is 5.71. The molecule has 0 aliphatic carbocycles. The minimum Gasteiger partial charge on any atom is -0.390 e. The highest BCUT2D eigenvalue weighted by atomic mass is 32.2. The quantitative estimate of drug-likeness (QED) is 0.546. The van der Waals surface area contributed by atoms with Gasteiger partial charge in [-0.3, -0.25) is 4.79 Å². The van der Waals surface area contributed by atoms with Gasteiger partial charge in [0.05, 0.1) is 18.5 Å². The van der Waals surface area contributed by atoms with Gasteiger partial charge in [0.25, 0.3) is 0 Å². The number of carbonyl (C=O) groups excluding carboxylic acids is 1. The SMILES string of the molecule is Cc1ccc(CNC(=O)Cn2c(CO)cnc2SCCc2ccccc2)cc1. The van der Waals surface area contributed by atoms with Crippen LogP contribution in [-0.4, -0.2) is 26.3 Å². The highest BCUT2D eigenvalue weighted by Crippen LogP contribution is 2.20. The molecule has 28 heavy (non-hydrogen) atoms. The van der Waals surface area contributed by atoms with Gasteiger partial charge < -0.3 is 15.0 Å². The zero-order valence-corrected chi connectivity index (χ0v) is 16.8. The van der Waals surface area contributed by atoms with E-state index in [0.29, 0.717) is 12.2 Å². The molecule has 0 aliphatic heterocycles. The summed E-state index contributed by atoms with van der Waals surface area (Å²) in [6, 6.07) is 18.4. The Hall–Kier alpha value is -2.57. The second kappa shape index (κ2) is 10.1. The second-order valence-electron chi connectivity index (χ2n) is 6.62. The Labute approximate surface area is 169 Å². The van der Waals surface area contributed by atoms with E-state index in [9.17, 15) is 9.90 Å². The summed E-state index contributed by atoms with van der Waals surface area (Å²) < 4.78 is 1.79. The van der Waals surface area contributed by atoms with Crippen LogP contribution in [0.15, 0.2) is 66.0 Å². The van der Waals surface area contributed by atoms with Crippen LogP contribution in [0.5, 0.6) is 0 Å². The fourth-order valence-electron chi connectivity index (χ4n) is 2.81. The highest BCUT2D eigenvalue weighted by molar-refractivity contribution is 7.99. The van der Waals surface area contributed by atoms with Crippen molar-refractivity contribution in [3.8, 4) is 0 Å². The monoisotopic (exact) mass is 395 g/mol. The minimum absolute atomic E-state index is 0.0989. The van der Waals surface area contributed by atoms with Crippen LogP contribution in [0.3, 0.4) is 0 Å². The van der Waals surface area contributed by atoms with Gasteiger partial charge in [-0.15, -0.1) is 0 Å². The Morgan fingerprint density at radius 2 is 1.86 bits per heavy atom. The lowest BCUT2D eigenvalue weighted by molar-refractivity contribution is -0.122. The van der Waals surface area contributed by atoms with Crippen LogP contribution in [0.4, 0.5) is 0 Å². The number of rotatable bonds is 9. The Balaban J connectivity index is 1.56. The zero-order chi connectivity index (χ0) is 19.8. The van der Waals surface area contributed by atoms with Crippen molar-refractivity contribution in [2.24, 2.45) is 0 Å². The van der Waals surface area contributed by atoms with Crippen LogP contribution >= 0.6 is 11.8 Å². The Bertz CT molecular complexity index is 892. The van der Waals surface area contributed by atoms with Crippen molar-refractivity contribution in [3.05, 3.63) is 83.2 Å². The average Bonchev–Trinajstić information content (AvgIpc) is 3.10. The van der Waals surface area contributed by atoms with Crippen molar-refractivity contribution in [2.75, 3.05) is 5.75 Å². The summed E-state index contributed by atoms with van der Waals surface area (Å²) in [4.78, 5) is 16.8. The summed E-state index contributed by atoms with van der Waals surface area (Å²) in [6.07, 6.45) is 2.56. The van der Waals surface area contributed by atoms with E-state index < -0.39 is 0 Å². The normalized spacial score (nSPS) is 10.8. The van der Waals surface area contributed by atoms with Crippen molar-refractivity contribution in [1.82, 2.24) is 14.9 Å². The van der Waals surface area contributed by atoms with E-state index in [1.165, 1.54) is 11.1 Å². The number of aromatic nitrogens is 2. The number of aryl methyl sites for hydroxylation is 2. The number of hydrogen-bond donors (Lipinski definition) is 2. The van der Waals surface area contributed by atoms with Gasteiger partial charge in [-0.25, -0.2) is 4.98 Å². The van der Waals surface area contributed by atoms with Crippen LogP contribution in [0.1, 0.15) is 22.4 Å². The van der Waals surface area contributed by atoms with Gasteiger partial charge in [-0.05, 0) is 24.5 Å². The van der Waals surface area contributed by atoms with Crippen LogP contribution in [-0.2, 0) is 30.9 Å². The van der Waals surface area contributed by atoms with Crippen LogP contribution in [0, 0.1) is 6.92 Å². The molecule has 0 radical (unpaired) electrons. The Kier molecular flexibility index (Phi) is 7.28. The van der Waals surface area contributed by atoms with Gasteiger partial charge in [0, 0.05) is 12.3 Å². The van der Waals surface area contributed by atoms with Gasteiger partial charge in [-0.2, -0.15) is 0 Å². The first kappa shape index (κ1) is 20.2. The molecule has 0 bridgehead atoms. The molecule has 3 aromatic rings. The van der Waals surface area contributed by atoms with E-state index in [4.69, 9.17) is 0 Å². The van der Waals surface area contributed by atoms with Gasteiger partial charge >= 0.3 is 0 Å². The number of nitrogens with zero attached hydrogens (tertiary/aromatic N) is 2. The minimum atomic E-state index is -0.141. The molecular formula is C22H25N3O2S. The number of aliphatic hydroxyl groups excluding tert-OH is 1. The van der Waals surface area contributed by atoms with Crippen molar-refractivity contribution < 1.29 is 9.90 Å². The number of nitrogens with one attached hydrogen (secondary N) is 1. The maximum Gasteiger partial charge on any atom is 0.240 e. The van der Waals surface area contributed by atoms with Gasteiger partial charge in [0.1, 0.15) is 6.54 Å². The number of hydrogen-bond acceptors (Lipinski definition) is 4. The summed E-state index contributed by atoms with van der Waals surface area (Å²) in [6.45, 7) is 2.53. The van der Waals surface area contributed by atoms with Gasteiger partial charge in [-0.1, -0.05) is 71.9 Å². The van der Waals surface area contributed by atoms with E-state index in [-0.39, 0.29) is 19.1 Å². The summed E-state index contributed by atoms with van der Waals surface area (Å²) in [5, 5.41) is 13.3. The van der Waals surface area contributed by atoms with Gasteiger partial charge in [0.2, 0.25) is 5.91 Å². The third-order valence-electron chi connectivity index (χ3n) is 4.44. The summed E-state index contributed by atoms with van der Waals surface area (Å²) in [5.41, 5.74) is 4.17. The van der Waals surface area contributed by atoms with E-state index in [0.717, 1.165) is 22.9 Å². The fourth-order valence-corrected chi connectivity index (χ4v) is 3.80. The number of carbonyl (C=O) groups is 1. The van der Waals surface area contributed by atoms with Crippen molar-refractivity contribution in [2.45, 2.75) is 38.2 Å². The number of benzene rings is 2. The second-order valence-corrected chi connectivity index (χ2v) is 7.68. The summed E-state index contributed by atoms with van der Waals surface area (Å²) >= 11 is 1.60. The largest absolute Gasteiger partial charge is 0.390 e. The Morgan fingerprint density at radius 1 is 1.11 bits per heavy atom. The van der Waals surface area contributed by atoms with E-state index in [1.807, 2.05) is 49.4 Å². The highest BCUT2D eigenvalue weighted by Gasteiger charge is 2.13. The standard InChI is InChI=1S/C22H25N3O2S/c1-17-7-9-19(10-8-17)13-23-21(27)15-25-20(16-26)14-24-22(25)28-12-11-18-5-3-2-4-6-18/h2-10,14,26H,11-13,15-16H2,1H3,(H,23,27). The molecule has 2 N–H and O–H groups in total. The topological polar surface area (TPSA) is 67.2 Å². The molecule has 5 nitrogen and oxygen atoms in total. The predicted molar refractivity (Wildman–Crippen MR) is 112 cm³/mol. The molecular weight excluding hydrogens is 370 g/mol. The molecule has 0 fully saturated rings. The first-order valence-electron chi connectivity index (χ1n) is 9.30. The maximum absolute atomic E-state index is 12.4. The molecule has 0 unspecified atom stereocenters. The van der Waals surface area contributed by atoms with Gasteiger partial charge in [0.15, 0.2) is 5.16 Å². The molecule has 146 valence electrons. The lowest BCUT2D eigenvalue weighted by atomic mass is 10.1. The molecule has 0 spiro atoms.